The van der Waals surface area contributed by atoms with Gasteiger partial charge in [0.1, 0.15) is 0 Å². The molecule has 0 saturated heterocycles. The Morgan fingerprint density at radius 1 is 1.00 bits per heavy atom. The number of hydrogen-bond acceptors (Lipinski definition) is 3. The molecule has 1 aliphatic carbocycles. The van der Waals surface area contributed by atoms with Crippen LogP contribution >= 0.6 is 0 Å². The van der Waals surface area contributed by atoms with Crippen LogP contribution in [0.5, 0.6) is 0 Å². The molecule has 5 nitrogen and oxygen atoms in total. The highest BCUT2D eigenvalue weighted by atomic mass is 16.2. The molecule has 1 aliphatic heterocycles. The molecule has 31 heavy (non-hydrogen) atoms. The van der Waals surface area contributed by atoms with Crippen LogP contribution in [-0.4, -0.2) is 15.9 Å². The van der Waals surface area contributed by atoms with E-state index in [0.29, 0.717) is 5.70 Å². The number of carbonyl (C=O) groups excluding carboxylic acids is 1. The second-order valence-corrected chi connectivity index (χ2v) is 8.24. The van der Waals surface area contributed by atoms with Crippen LogP contribution in [0.4, 0.5) is 4.79 Å². The summed E-state index contributed by atoms with van der Waals surface area (Å²) in [5.74, 6) is 0. The summed E-state index contributed by atoms with van der Waals surface area (Å²) in [4.78, 5) is 18.1. The van der Waals surface area contributed by atoms with Gasteiger partial charge in [-0.25, -0.2) is 9.78 Å². The van der Waals surface area contributed by atoms with Gasteiger partial charge in [-0.2, -0.15) is 0 Å². The molecule has 0 unspecified atom stereocenters. The van der Waals surface area contributed by atoms with E-state index in [-0.39, 0.29) is 5.54 Å². The fraction of sp³-hybridized carbons (Fsp3) is 0.154. The Hall–Kier alpha value is -3.70. The maximum absolute atomic E-state index is 11.8. The van der Waals surface area contributed by atoms with Crippen LogP contribution in [0.2, 0.25) is 0 Å². The Balaban J connectivity index is 1.65. The van der Waals surface area contributed by atoms with Crippen LogP contribution in [0.15, 0.2) is 73.4 Å². The van der Waals surface area contributed by atoms with E-state index in [1.54, 1.807) is 12.3 Å². The van der Waals surface area contributed by atoms with E-state index in [9.17, 15) is 4.79 Å². The lowest BCUT2D eigenvalue weighted by atomic mass is 9.72. The van der Waals surface area contributed by atoms with Crippen molar-refractivity contribution in [3.05, 3.63) is 90.3 Å². The number of pyridine rings is 1. The van der Waals surface area contributed by atoms with E-state index in [2.05, 4.69) is 43.0 Å². The monoisotopic (exact) mass is 408 g/mol. The molecule has 2 heterocycles. The first-order valence-corrected chi connectivity index (χ1v) is 10.4. The number of aromatic nitrogens is 1. The number of benzene rings is 2. The Kier molecular flexibility index (Phi) is 4.49. The molecule has 0 bridgehead atoms. The Morgan fingerprint density at radius 3 is 2.32 bits per heavy atom. The van der Waals surface area contributed by atoms with Gasteiger partial charge in [0, 0.05) is 28.4 Å². The largest absolute Gasteiger partial charge is 0.351 e. The zero-order valence-electron chi connectivity index (χ0n) is 17.2. The quantitative estimate of drug-likeness (QED) is 0.633. The molecule has 1 aromatic heterocycles. The molecule has 5 heteroatoms. The summed E-state index contributed by atoms with van der Waals surface area (Å²) in [5.41, 5.74) is 19.0. The zero-order chi connectivity index (χ0) is 21.6. The van der Waals surface area contributed by atoms with Crippen molar-refractivity contribution in [1.29, 1.82) is 0 Å². The number of primary amides is 1. The van der Waals surface area contributed by atoms with Crippen LogP contribution in [0.25, 0.3) is 34.2 Å². The van der Waals surface area contributed by atoms with Crippen LogP contribution in [0, 0.1) is 0 Å². The number of nitrogens with two attached hydrogens (primary N) is 2. The van der Waals surface area contributed by atoms with Crippen molar-refractivity contribution in [2.24, 2.45) is 11.5 Å². The summed E-state index contributed by atoms with van der Waals surface area (Å²) in [5, 5.41) is 0. The van der Waals surface area contributed by atoms with E-state index >= 15 is 0 Å². The maximum atomic E-state index is 11.8. The van der Waals surface area contributed by atoms with Gasteiger partial charge in [0.25, 0.3) is 0 Å². The zero-order valence-corrected chi connectivity index (χ0v) is 17.2. The molecule has 2 amide bonds. The maximum Gasteiger partial charge on any atom is 0.323 e. The van der Waals surface area contributed by atoms with E-state index < -0.39 is 6.03 Å². The second-order valence-electron chi connectivity index (χ2n) is 8.24. The van der Waals surface area contributed by atoms with Crippen LogP contribution in [0.1, 0.15) is 36.1 Å². The molecule has 3 aromatic rings. The Labute approximate surface area is 181 Å². The van der Waals surface area contributed by atoms with Crippen molar-refractivity contribution in [2.75, 3.05) is 0 Å². The van der Waals surface area contributed by atoms with Crippen molar-refractivity contribution in [3.63, 3.8) is 0 Å². The molecule has 2 aliphatic rings. The molecule has 1 saturated carbocycles. The van der Waals surface area contributed by atoms with Gasteiger partial charge in [-0.1, -0.05) is 61.2 Å². The highest BCUT2D eigenvalue weighted by Crippen LogP contribution is 2.41. The third-order valence-corrected chi connectivity index (χ3v) is 6.34. The van der Waals surface area contributed by atoms with E-state index in [1.165, 1.54) is 16.9 Å². The third kappa shape index (κ3) is 3.23. The second kappa shape index (κ2) is 7.22. The predicted molar refractivity (Wildman–Crippen MR) is 124 cm³/mol. The average Bonchev–Trinajstić information content (AvgIpc) is 2.77. The lowest BCUT2D eigenvalue weighted by Crippen LogP contribution is -2.43. The Bertz CT molecular complexity index is 1210. The number of amides is 2. The van der Waals surface area contributed by atoms with Gasteiger partial charge >= 0.3 is 6.03 Å². The van der Waals surface area contributed by atoms with Gasteiger partial charge in [-0.05, 0) is 42.5 Å². The highest BCUT2D eigenvalue weighted by Gasteiger charge is 2.34. The summed E-state index contributed by atoms with van der Waals surface area (Å²) in [6, 6.07) is 20.0. The summed E-state index contributed by atoms with van der Waals surface area (Å²) >= 11 is 0. The summed E-state index contributed by atoms with van der Waals surface area (Å²) in [6.45, 7) is 4.07. The van der Waals surface area contributed by atoms with Crippen molar-refractivity contribution in [1.82, 2.24) is 9.88 Å². The van der Waals surface area contributed by atoms with Crippen molar-refractivity contribution in [2.45, 2.75) is 24.8 Å². The minimum Gasteiger partial charge on any atom is -0.351 e. The third-order valence-electron chi connectivity index (χ3n) is 6.34. The van der Waals surface area contributed by atoms with Gasteiger partial charge in [-0.3, -0.25) is 4.90 Å². The van der Waals surface area contributed by atoms with E-state index in [1.807, 2.05) is 24.3 Å². The fourth-order valence-corrected chi connectivity index (χ4v) is 4.32. The highest BCUT2D eigenvalue weighted by molar-refractivity contribution is 5.92. The number of nitrogens with zero attached hydrogens (tertiary/aromatic N) is 2. The number of urea groups is 1. The average molecular weight is 409 g/mol. The molecular weight excluding hydrogens is 384 g/mol. The molecule has 0 spiro atoms. The van der Waals surface area contributed by atoms with Crippen LogP contribution in [-0.2, 0) is 5.54 Å². The number of rotatable bonds is 3. The molecule has 0 radical (unpaired) electrons. The molecule has 1 fully saturated rings. The van der Waals surface area contributed by atoms with E-state index in [0.717, 1.165) is 46.5 Å². The minimum atomic E-state index is -0.570. The SMILES string of the molecule is C=C1c2cc(-c3ccccc3)c(-c3ccc(C4(N)CCC4)cc3)nc2C=CN1C(N)=O. The molecule has 0 atom stereocenters. The standard InChI is InChI=1S/C26H24N4O/c1-17-21-16-22(18-6-3-2-4-7-18)24(29-23(21)12-15-30(17)25(27)31)19-8-10-20(11-9-19)26(28)13-5-14-26/h2-4,6-12,15-16H,1,5,13-14,28H2,(H2,27,31). The lowest BCUT2D eigenvalue weighted by molar-refractivity contribution is 0.237. The summed E-state index contributed by atoms with van der Waals surface area (Å²) < 4.78 is 0. The fourth-order valence-electron chi connectivity index (χ4n) is 4.32. The van der Waals surface area contributed by atoms with Crippen LogP contribution in [0.3, 0.4) is 0 Å². The van der Waals surface area contributed by atoms with Gasteiger partial charge in [0.15, 0.2) is 0 Å². The first-order chi connectivity index (χ1) is 15.0. The molecular formula is C26H24N4O. The number of hydrogen-bond donors (Lipinski definition) is 2. The van der Waals surface area contributed by atoms with E-state index in [4.69, 9.17) is 16.5 Å². The van der Waals surface area contributed by atoms with Crippen molar-refractivity contribution < 1.29 is 4.79 Å². The first-order valence-electron chi connectivity index (χ1n) is 10.4. The molecule has 4 N–H and O–H groups in total. The summed E-state index contributed by atoms with van der Waals surface area (Å²) in [6.07, 6.45) is 6.65. The number of fused-ring (bicyclic) bond motifs is 1. The Morgan fingerprint density at radius 2 is 1.71 bits per heavy atom. The molecule has 154 valence electrons. The van der Waals surface area contributed by atoms with Gasteiger partial charge in [0.2, 0.25) is 0 Å². The first kappa shape index (κ1) is 19.3. The minimum absolute atomic E-state index is 0.192. The molecule has 5 rings (SSSR count). The number of carbonyl (C=O) groups is 1. The predicted octanol–water partition coefficient (Wildman–Crippen LogP) is 5.09. The van der Waals surface area contributed by atoms with Gasteiger partial charge in [-0.15, -0.1) is 0 Å². The lowest BCUT2D eigenvalue weighted by Gasteiger charge is -2.38. The normalized spacial score (nSPS) is 16.5. The van der Waals surface area contributed by atoms with Gasteiger partial charge < -0.3 is 11.5 Å². The van der Waals surface area contributed by atoms with Crippen LogP contribution < -0.4 is 11.5 Å². The smallest absolute Gasteiger partial charge is 0.323 e. The van der Waals surface area contributed by atoms with Gasteiger partial charge in [0.05, 0.1) is 17.1 Å². The van der Waals surface area contributed by atoms with Crippen molar-refractivity contribution in [3.8, 4) is 22.4 Å². The summed E-state index contributed by atoms with van der Waals surface area (Å²) in [7, 11) is 0. The topological polar surface area (TPSA) is 85.2 Å². The molecule has 2 aromatic carbocycles. The van der Waals surface area contributed by atoms with Crippen molar-refractivity contribution >= 4 is 17.8 Å².